The molecule has 0 saturated carbocycles. The molecule has 2 amide bonds. The van der Waals surface area contributed by atoms with Crippen LogP contribution in [0.5, 0.6) is 0 Å². The van der Waals surface area contributed by atoms with Crippen LogP contribution >= 0.6 is 0 Å². The van der Waals surface area contributed by atoms with Gasteiger partial charge in [0, 0.05) is 19.3 Å². The number of hydrogen-bond acceptors (Lipinski definition) is 4. The summed E-state index contributed by atoms with van der Waals surface area (Å²) in [5, 5.41) is 2.77. The number of rotatable bonds is 6. The molecule has 0 atom stereocenters. The molecule has 5 N–H and O–H groups in total. The first-order valence-corrected chi connectivity index (χ1v) is 6.12. The molecule has 0 fully saturated rings. The molecule has 0 heterocycles. The Labute approximate surface area is 112 Å². The number of amides is 2. The summed E-state index contributed by atoms with van der Waals surface area (Å²) in [5.41, 5.74) is 12.4. The molecular formula is C13H20N4O2. The zero-order valence-electron chi connectivity index (χ0n) is 11.3. The van der Waals surface area contributed by atoms with Gasteiger partial charge in [0.25, 0.3) is 5.91 Å². The molecule has 1 aromatic carbocycles. The molecule has 104 valence electrons. The topological polar surface area (TPSA) is 101 Å². The van der Waals surface area contributed by atoms with Gasteiger partial charge >= 0.3 is 0 Å². The molecular weight excluding hydrogens is 244 g/mol. The second-order valence-corrected chi connectivity index (χ2v) is 4.35. The Balaban J connectivity index is 2.86. The minimum Gasteiger partial charge on any atom is -0.399 e. The maximum Gasteiger partial charge on any atom is 0.250 e. The van der Waals surface area contributed by atoms with Crippen LogP contribution in [0.3, 0.4) is 0 Å². The summed E-state index contributed by atoms with van der Waals surface area (Å²) in [5.74, 6) is -0.655. The summed E-state index contributed by atoms with van der Waals surface area (Å²) in [4.78, 5) is 24.7. The van der Waals surface area contributed by atoms with Crippen molar-refractivity contribution in [1.82, 2.24) is 5.32 Å². The molecule has 0 spiro atoms. The highest BCUT2D eigenvalue weighted by Crippen LogP contribution is 2.22. The Morgan fingerprint density at radius 3 is 2.63 bits per heavy atom. The van der Waals surface area contributed by atoms with Crippen LogP contribution < -0.4 is 21.7 Å². The van der Waals surface area contributed by atoms with Crippen LogP contribution in [-0.2, 0) is 4.79 Å². The van der Waals surface area contributed by atoms with Crippen molar-refractivity contribution in [3.63, 3.8) is 0 Å². The largest absolute Gasteiger partial charge is 0.399 e. The smallest absolute Gasteiger partial charge is 0.250 e. The Morgan fingerprint density at radius 1 is 1.37 bits per heavy atom. The molecule has 0 aromatic heterocycles. The third-order valence-electron chi connectivity index (χ3n) is 2.65. The number of nitrogens with one attached hydrogen (secondary N) is 1. The normalized spacial score (nSPS) is 10.0. The highest BCUT2D eigenvalue weighted by Gasteiger charge is 2.14. The van der Waals surface area contributed by atoms with E-state index in [9.17, 15) is 9.59 Å². The van der Waals surface area contributed by atoms with Crippen molar-refractivity contribution in [2.45, 2.75) is 13.3 Å². The van der Waals surface area contributed by atoms with E-state index in [4.69, 9.17) is 11.5 Å². The molecule has 1 aromatic rings. The summed E-state index contributed by atoms with van der Waals surface area (Å²) in [7, 11) is 1.72. The quantitative estimate of drug-likeness (QED) is 0.644. The lowest BCUT2D eigenvalue weighted by Gasteiger charge is -2.21. The van der Waals surface area contributed by atoms with Crippen molar-refractivity contribution >= 4 is 23.2 Å². The standard InChI is InChI=1S/C13H20N4O2/c1-3-6-16-12(18)8-17(2)11-7-9(14)4-5-10(11)13(15)19/h4-5,7H,3,6,8,14H2,1-2H3,(H2,15,19)(H,16,18). The third kappa shape index (κ3) is 4.17. The molecule has 19 heavy (non-hydrogen) atoms. The highest BCUT2D eigenvalue weighted by molar-refractivity contribution is 6.00. The number of hydrogen-bond donors (Lipinski definition) is 3. The van der Waals surface area contributed by atoms with Gasteiger partial charge in [-0.3, -0.25) is 9.59 Å². The fourth-order valence-corrected chi connectivity index (χ4v) is 1.69. The molecule has 6 nitrogen and oxygen atoms in total. The van der Waals surface area contributed by atoms with Gasteiger partial charge < -0.3 is 21.7 Å². The fraction of sp³-hybridized carbons (Fsp3) is 0.385. The Kier molecular flexibility index (Phi) is 5.17. The second kappa shape index (κ2) is 6.63. The SMILES string of the molecule is CCCNC(=O)CN(C)c1cc(N)ccc1C(N)=O. The van der Waals surface area contributed by atoms with Crippen LogP contribution in [0.4, 0.5) is 11.4 Å². The Hall–Kier alpha value is -2.24. The van der Waals surface area contributed by atoms with Gasteiger partial charge in [0.1, 0.15) is 0 Å². The van der Waals surface area contributed by atoms with Crippen LogP contribution in [-0.4, -0.2) is 32.0 Å². The van der Waals surface area contributed by atoms with Crippen LogP contribution in [0.1, 0.15) is 23.7 Å². The fourth-order valence-electron chi connectivity index (χ4n) is 1.69. The van der Waals surface area contributed by atoms with Gasteiger partial charge in [0.15, 0.2) is 0 Å². The average molecular weight is 264 g/mol. The maximum atomic E-state index is 11.7. The van der Waals surface area contributed by atoms with Crippen LogP contribution in [0.2, 0.25) is 0 Å². The lowest BCUT2D eigenvalue weighted by atomic mass is 10.1. The minimum absolute atomic E-state index is 0.109. The summed E-state index contributed by atoms with van der Waals surface area (Å²) in [6.45, 7) is 2.75. The number of carbonyl (C=O) groups is 2. The predicted octanol–water partition coefficient (Wildman–Crippen LogP) is 0.330. The predicted molar refractivity (Wildman–Crippen MR) is 75.9 cm³/mol. The first-order valence-electron chi connectivity index (χ1n) is 6.12. The van der Waals surface area contributed by atoms with Gasteiger partial charge in [-0.15, -0.1) is 0 Å². The third-order valence-corrected chi connectivity index (χ3v) is 2.65. The van der Waals surface area contributed by atoms with E-state index in [0.717, 1.165) is 6.42 Å². The van der Waals surface area contributed by atoms with Crippen LogP contribution in [0.25, 0.3) is 0 Å². The molecule has 0 bridgehead atoms. The van der Waals surface area contributed by atoms with Crippen molar-refractivity contribution in [2.24, 2.45) is 5.73 Å². The second-order valence-electron chi connectivity index (χ2n) is 4.35. The van der Waals surface area contributed by atoms with Gasteiger partial charge in [-0.05, 0) is 24.6 Å². The first-order chi connectivity index (χ1) is 8.95. The Bertz CT molecular complexity index is 474. The lowest BCUT2D eigenvalue weighted by molar-refractivity contribution is -0.119. The molecule has 0 unspecified atom stereocenters. The van der Waals surface area contributed by atoms with Crippen molar-refractivity contribution in [3.8, 4) is 0 Å². The molecule has 0 radical (unpaired) electrons. The van der Waals surface area contributed by atoms with E-state index < -0.39 is 5.91 Å². The van der Waals surface area contributed by atoms with E-state index in [0.29, 0.717) is 23.5 Å². The number of likely N-dealkylation sites (N-methyl/N-ethyl adjacent to an activating group) is 1. The molecule has 0 aliphatic heterocycles. The van der Waals surface area contributed by atoms with E-state index in [2.05, 4.69) is 5.32 Å². The van der Waals surface area contributed by atoms with Gasteiger partial charge in [0.2, 0.25) is 5.91 Å². The maximum absolute atomic E-state index is 11.7. The number of nitrogens with two attached hydrogens (primary N) is 2. The van der Waals surface area contributed by atoms with Crippen molar-refractivity contribution in [2.75, 3.05) is 30.8 Å². The van der Waals surface area contributed by atoms with E-state index in [1.807, 2.05) is 6.92 Å². The zero-order valence-corrected chi connectivity index (χ0v) is 11.3. The summed E-state index contributed by atoms with van der Waals surface area (Å²) < 4.78 is 0. The zero-order chi connectivity index (χ0) is 14.4. The summed E-state index contributed by atoms with van der Waals surface area (Å²) in [6, 6.07) is 4.80. The Morgan fingerprint density at radius 2 is 2.05 bits per heavy atom. The molecule has 0 aliphatic rings. The number of primary amides is 1. The first kappa shape index (κ1) is 14.8. The molecule has 0 saturated heterocycles. The van der Waals surface area contributed by atoms with Crippen molar-refractivity contribution < 1.29 is 9.59 Å². The van der Waals surface area contributed by atoms with Gasteiger partial charge in [0.05, 0.1) is 17.8 Å². The van der Waals surface area contributed by atoms with E-state index >= 15 is 0 Å². The number of anilines is 2. The average Bonchev–Trinajstić information content (AvgIpc) is 2.35. The highest BCUT2D eigenvalue weighted by atomic mass is 16.2. The van der Waals surface area contributed by atoms with Gasteiger partial charge in [-0.25, -0.2) is 0 Å². The van der Waals surface area contributed by atoms with Crippen molar-refractivity contribution in [1.29, 1.82) is 0 Å². The summed E-state index contributed by atoms with van der Waals surface area (Å²) in [6.07, 6.45) is 0.875. The number of nitrogens with zero attached hydrogens (tertiary/aromatic N) is 1. The van der Waals surface area contributed by atoms with Crippen molar-refractivity contribution in [3.05, 3.63) is 23.8 Å². The monoisotopic (exact) mass is 264 g/mol. The van der Waals surface area contributed by atoms with E-state index in [1.165, 1.54) is 0 Å². The lowest BCUT2D eigenvalue weighted by Crippen LogP contribution is -2.36. The van der Waals surface area contributed by atoms with Crippen LogP contribution in [0.15, 0.2) is 18.2 Å². The van der Waals surface area contributed by atoms with E-state index in [1.54, 1.807) is 30.1 Å². The van der Waals surface area contributed by atoms with Gasteiger partial charge in [-0.2, -0.15) is 0 Å². The molecule has 1 rings (SSSR count). The summed E-state index contributed by atoms with van der Waals surface area (Å²) >= 11 is 0. The molecule has 0 aliphatic carbocycles. The number of benzene rings is 1. The minimum atomic E-state index is -0.546. The number of nitrogen functional groups attached to an aromatic ring is 1. The van der Waals surface area contributed by atoms with E-state index in [-0.39, 0.29) is 12.5 Å². The van der Waals surface area contributed by atoms with Crippen LogP contribution in [0, 0.1) is 0 Å². The molecule has 6 heteroatoms. The van der Waals surface area contributed by atoms with Gasteiger partial charge in [-0.1, -0.05) is 6.92 Å². The number of carbonyl (C=O) groups excluding carboxylic acids is 2.